The van der Waals surface area contributed by atoms with E-state index in [4.69, 9.17) is 10.4 Å². The summed E-state index contributed by atoms with van der Waals surface area (Å²) in [5.74, 6) is -1.46. The minimum atomic E-state index is -0.566. The number of aliphatic hydroxyl groups excluding tert-OH is 1. The number of amides is 2. The van der Waals surface area contributed by atoms with Gasteiger partial charge in [0.25, 0.3) is 5.91 Å². The average Bonchev–Trinajstić information content (AvgIpc) is 2.39. The van der Waals surface area contributed by atoms with E-state index >= 15 is 0 Å². The van der Waals surface area contributed by atoms with Crippen LogP contribution in [-0.2, 0) is 9.59 Å². The fraction of sp³-hybridized carbons (Fsp3) is 0.462. The van der Waals surface area contributed by atoms with Gasteiger partial charge in [-0.05, 0) is 12.5 Å². The first-order valence-electron chi connectivity index (χ1n) is 5.97. The lowest BCUT2D eigenvalue weighted by atomic mass is 9.89. The lowest BCUT2D eigenvalue weighted by Crippen LogP contribution is -2.49. The molecule has 0 aromatic rings. The number of nitrogens with one attached hydrogen (secondary N) is 1. The van der Waals surface area contributed by atoms with Crippen LogP contribution in [0.2, 0.25) is 0 Å². The molecule has 6 nitrogen and oxygen atoms in total. The summed E-state index contributed by atoms with van der Waals surface area (Å²) in [4.78, 5) is 25.2. The van der Waals surface area contributed by atoms with Crippen molar-refractivity contribution in [3.8, 4) is 6.07 Å². The summed E-state index contributed by atoms with van der Waals surface area (Å²) >= 11 is 0. The molecule has 0 bridgehead atoms. The Balaban J connectivity index is 3.04. The topological polar surface area (TPSA) is 93.4 Å². The van der Waals surface area contributed by atoms with E-state index in [1.165, 1.54) is 6.08 Å². The molecule has 0 radical (unpaired) electrons. The highest BCUT2D eigenvalue weighted by molar-refractivity contribution is 6.11. The normalized spacial score (nSPS) is 19.6. The molecule has 1 unspecified atom stereocenters. The first-order valence-corrected chi connectivity index (χ1v) is 5.97. The predicted octanol–water partition coefficient (Wildman–Crippen LogP) is -0.421. The van der Waals surface area contributed by atoms with E-state index in [0.29, 0.717) is 12.1 Å². The second-order valence-corrected chi connectivity index (χ2v) is 4.19. The minimum absolute atomic E-state index is 0.0113. The Morgan fingerprint density at radius 1 is 1.58 bits per heavy atom. The van der Waals surface area contributed by atoms with Crippen molar-refractivity contribution < 1.29 is 14.7 Å². The van der Waals surface area contributed by atoms with Gasteiger partial charge in [-0.2, -0.15) is 5.26 Å². The summed E-state index contributed by atoms with van der Waals surface area (Å²) in [7, 11) is 0. The van der Waals surface area contributed by atoms with Crippen LogP contribution in [0.15, 0.2) is 23.8 Å². The highest BCUT2D eigenvalue weighted by atomic mass is 16.3. The highest BCUT2D eigenvalue weighted by Gasteiger charge is 2.38. The Hall–Kier alpha value is -1.97. The number of hydrogen-bond acceptors (Lipinski definition) is 5. The summed E-state index contributed by atoms with van der Waals surface area (Å²) in [5, 5.41) is 20.7. The number of nitrogens with zero attached hydrogens (tertiary/aromatic N) is 2. The van der Waals surface area contributed by atoms with Crippen LogP contribution in [-0.4, -0.2) is 48.1 Å². The van der Waals surface area contributed by atoms with Gasteiger partial charge >= 0.3 is 0 Å². The molecule has 0 aromatic heterocycles. The molecule has 0 spiro atoms. The van der Waals surface area contributed by atoms with E-state index in [1.807, 2.05) is 6.07 Å². The minimum Gasteiger partial charge on any atom is -0.395 e. The molecule has 2 amide bonds. The predicted molar refractivity (Wildman–Crippen MR) is 68.7 cm³/mol. The van der Waals surface area contributed by atoms with Crippen LogP contribution < -0.4 is 5.32 Å². The Morgan fingerprint density at radius 3 is 2.79 bits per heavy atom. The number of nitriles is 1. The standard InChI is InChI=1S/C13H17N3O3/c1-3-5-16-12(18)10(7-14)9(2)11(13(16)19)8-15-4-6-17/h3,11,15,17H,1,4-6,8H2,2H3. The highest BCUT2D eigenvalue weighted by Crippen LogP contribution is 2.25. The number of carbonyl (C=O) groups excluding carboxylic acids is 2. The van der Waals surface area contributed by atoms with Crippen molar-refractivity contribution in [3.05, 3.63) is 23.8 Å². The molecule has 0 fully saturated rings. The Morgan fingerprint density at radius 2 is 2.26 bits per heavy atom. The van der Waals surface area contributed by atoms with E-state index in [0.717, 1.165) is 4.90 Å². The third-order valence-corrected chi connectivity index (χ3v) is 3.00. The average molecular weight is 263 g/mol. The maximum absolute atomic E-state index is 12.2. The fourth-order valence-electron chi connectivity index (χ4n) is 1.96. The summed E-state index contributed by atoms with van der Waals surface area (Å²) in [5.41, 5.74) is 0.487. The summed E-state index contributed by atoms with van der Waals surface area (Å²) in [6.07, 6.45) is 1.45. The zero-order valence-corrected chi connectivity index (χ0v) is 10.8. The van der Waals surface area contributed by atoms with Gasteiger partial charge in [-0.15, -0.1) is 6.58 Å². The molecule has 2 N–H and O–H groups in total. The Bertz CT molecular complexity index is 462. The van der Waals surface area contributed by atoms with Crippen molar-refractivity contribution in [2.75, 3.05) is 26.2 Å². The van der Waals surface area contributed by atoms with E-state index in [2.05, 4.69) is 11.9 Å². The maximum atomic E-state index is 12.2. The van der Waals surface area contributed by atoms with E-state index in [-0.39, 0.29) is 31.2 Å². The molecular formula is C13H17N3O3. The fourth-order valence-corrected chi connectivity index (χ4v) is 1.96. The zero-order chi connectivity index (χ0) is 14.4. The molecule has 0 saturated carbocycles. The molecule has 1 rings (SSSR count). The molecule has 1 atom stereocenters. The van der Waals surface area contributed by atoms with Crippen molar-refractivity contribution in [1.29, 1.82) is 5.26 Å². The number of imide groups is 1. The summed E-state index contributed by atoms with van der Waals surface area (Å²) in [6.45, 7) is 5.81. The first-order chi connectivity index (χ1) is 9.08. The zero-order valence-electron chi connectivity index (χ0n) is 10.8. The van der Waals surface area contributed by atoms with Crippen molar-refractivity contribution in [2.45, 2.75) is 6.92 Å². The molecule has 19 heavy (non-hydrogen) atoms. The molecule has 1 heterocycles. The van der Waals surface area contributed by atoms with Crippen LogP contribution in [0.1, 0.15) is 6.92 Å². The van der Waals surface area contributed by atoms with Gasteiger partial charge in [-0.25, -0.2) is 0 Å². The summed E-state index contributed by atoms with van der Waals surface area (Å²) in [6, 6.07) is 1.86. The van der Waals surface area contributed by atoms with Crippen LogP contribution in [0, 0.1) is 17.2 Å². The third-order valence-electron chi connectivity index (χ3n) is 3.00. The Labute approximate surface area is 112 Å². The van der Waals surface area contributed by atoms with Crippen LogP contribution in [0.25, 0.3) is 0 Å². The molecule has 102 valence electrons. The Kier molecular flexibility index (Phi) is 5.42. The van der Waals surface area contributed by atoms with E-state index < -0.39 is 11.8 Å². The largest absolute Gasteiger partial charge is 0.395 e. The van der Waals surface area contributed by atoms with Crippen LogP contribution >= 0.6 is 0 Å². The molecule has 1 aliphatic rings. The van der Waals surface area contributed by atoms with Crippen molar-refractivity contribution in [1.82, 2.24) is 10.2 Å². The third kappa shape index (κ3) is 3.08. The van der Waals surface area contributed by atoms with Gasteiger partial charge in [0, 0.05) is 19.6 Å². The van der Waals surface area contributed by atoms with Crippen molar-refractivity contribution in [2.24, 2.45) is 5.92 Å². The van der Waals surface area contributed by atoms with Crippen molar-refractivity contribution >= 4 is 11.8 Å². The SMILES string of the molecule is C=CCN1C(=O)C(C#N)=C(C)C(CNCCO)C1=O. The number of hydrogen-bond donors (Lipinski definition) is 2. The number of aliphatic hydroxyl groups is 1. The molecular weight excluding hydrogens is 246 g/mol. The van der Waals surface area contributed by atoms with Gasteiger partial charge in [0.2, 0.25) is 5.91 Å². The van der Waals surface area contributed by atoms with E-state index in [1.54, 1.807) is 6.92 Å². The molecule has 0 aromatic carbocycles. The summed E-state index contributed by atoms with van der Waals surface area (Å²) < 4.78 is 0. The molecule has 1 aliphatic heterocycles. The van der Waals surface area contributed by atoms with Gasteiger partial charge in [-0.1, -0.05) is 6.08 Å². The van der Waals surface area contributed by atoms with Crippen LogP contribution in [0.5, 0.6) is 0 Å². The molecule has 0 aliphatic carbocycles. The van der Waals surface area contributed by atoms with E-state index in [9.17, 15) is 9.59 Å². The smallest absolute Gasteiger partial charge is 0.271 e. The monoisotopic (exact) mass is 263 g/mol. The second kappa shape index (κ2) is 6.83. The number of carbonyl (C=O) groups is 2. The van der Waals surface area contributed by atoms with Gasteiger partial charge in [0.15, 0.2) is 0 Å². The van der Waals surface area contributed by atoms with Crippen molar-refractivity contribution in [3.63, 3.8) is 0 Å². The van der Waals surface area contributed by atoms with Crippen LogP contribution in [0.3, 0.4) is 0 Å². The number of rotatable bonds is 6. The maximum Gasteiger partial charge on any atom is 0.271 e. The van der Waals surface area contributed by atoms with Gasteiger partial charge in [0.1, 0.15) is 11.6 Å². The molecule has 0 saturated heterocycles. The lowest BCUT2D eigenvalue weighted by molar-refractivity contribution is -0.145. The molecule has 6 heteroatoms. The van der Waals surface area contributed by atoms with Gasteiger partial charge < -0.3 is 10.4 Å². The van der Waals surface area contributed by atoms with Crippen LogP contribution in [0.4, 0.5) is 0 Å². The van der Waals surface area contributed by atoms with Gasteiger partial charge in [-0.3, -0.25) is 14.5 Å². The quantitative estimate of drug-likeness (QED) is 0.385. The first kappa shape index (κ1) is 15.1. The lowest BCUT2D eigenvalue weighted by Gasteiger charge is -2.30. The van der Waals surface area contributed by atoms with Gasteiger partial charge in [0.05, 0.1) is 12.5 Å². The second-order valence-electron chi connectivity index (χ2n) is 4.19.